The molecule has 1 aromatic carbocycles. The van der Waals surface area contributed by atoms with Crippen molar-refractivity contribution in [2.45, 2.75) is 13.3 Å². The summed E-state index contributed by atoms with van der Waals surface area (Å²) in [6, 6.07) is 7.39. The smallest absolute Gasteiger partial charge is 0.235 e. The maximum absolute atomic E-state index is 12.2. The number of rotatable bonds is 4. The number of nitrogens with two attached hydrogens (primary N) is 1. The molecule has 1 aromatic heterocycles. The highest BCUT2D eigenvalue weighted by molar-refractivity contribution is 6.10. The van der Waals surface area contributed by atoms with Crippen LogP contribution in [0.1, 0.15) is 13.3 Å². The third-order valence-electron chi connectivity index (χ3n) is 3.14. The highest BCUT2D eigenvalue weighted by Gasteiger charge is 2.21. The lowest BCUT2D eigenvalue weighted by molar-refractivity contribution is -0.118. The molecule has 0 bridgehead atoms. The second kappa shape index (κ2) is 6.01. The van der Waals surface area contributed by atoms with Gasteiger partial charge in [0.15, 0.2) is 5.84 Å². The Morgan fingerprint density at radius 1 is 1.50 bits per heavy atom. The number of nitrogens with one attached hydrogen (secondary N) is 1. The molecule has 2 aromatic rings. The number of hydrogen-bond donors (Lipinski definition) is 3. The Labute approximate surface area is 116 Å². The van der Waals surface area contributed by atoms with Crippen LogP contribution >= 0.6 is 0 Å². The van der Waals surface area contributed by atoms with E-state index in [-0.39, 0.29) is 11.7 Å². The summed E-state index contributed by atoms with van der Waals surface area (Å²) in [5, 5.41) is 16.2. The first kappa shape index (κ1) is 13.8. The van der Waals surface area contributed by atoms with Gasteiger partial charge in [0, 0.05) is 28.9 Å². The fourth-order valence-electron chi connectivity index (χ4n) is 2.05. The van der Waals surface area contributed by atoms with Gasteiger partial charge in [0.2, 0.25) is 5.91 Å². The van der Waals surface area contributed by atoms with Crippen molar-refractivity contribution in [1.29, 1.82) is 0 Å². The number of fused-ring (bicyclic) bond motifs is 1. The molecule has 0 fully saturated rings. The van der Waals surface area contributed by atoms with E-state index in [1.807, 2.05) is 18.2 Å². The molecule has 2 rings (SSSR count). The van der Waals surface area contributed by atoms with Gasteiger partial charge in [-0.05, 0) is 18.6 Å². The molecule has 0 aliphatic heterocycles. The second-order valence-corrected chi connectivity index (χ2v) is 4.38. The third kappa shape index (κ3) is 2.69. The minimum Gasteiger partial charge on any atom is -0.409 e. The number of hydrogen-bond acceptors (Lipinski definition) is 4. The van der Waals surface area contributed by atoms with Crippen molar-refractivity contribution in [2.24, 2.45) is 16.8 Å². The first-order chi connectivity index (χ1) is 9.67. The van der Waals surface area contributed by atoms with Crippen molar-refractivity contribution in [3.05, 3.63) is 36.7 Å². The topological polar surface area (TPSA) is 101 Å². The summed E-state index contributed by atoms with van der Waals surface area (Å²) in [6.07, 6.45) is 3.85. The van der Waals surface area contributed by atoms with Crippen LogP contribution < -0.4 is 11.1 Å². The fraction of sp³-hybridized carbons (Fsp3) is 0.214. The van der Waals surface area contributed by atoms with Crippen LogP contribution in [0, 0.1) is 5.92 Å². The second-order valence-electron chi connectivity index (χ2n) is 4.38. The molecule has 6 heteroatoms. The van der Waals surface area contributed by atoms with Crippen LogP contribution in [0.15, 0.2) is 41.8 Å². The van der Waals surface area contributed by atoms with Crippen LogP contribution in [0.3, 0.4) is 0 Å². The summed E-state index contributed by atoms with van der Waals surface area (Å²) >= 11 is 0. The van der Waals surface area contributed by atoms with Crippen molar-refractivity contribution in [3.8, 4) is 0 Å². The lowest BCUT2D eigenvalue weighted by Gasteiger charge is -2.14. The largest absolute Gasteiger partial charge is 0.409 e. The number of benzene rings is 1. The van der Waals surface area contributed by atoms with Gasteiger partial charge in [-0.25, -0.2) is 0 Å². The lowest BCUT2D eigenvalue weighted by Crippen LogP contribution is -2.34. The first-order valence-electron chi connectivity index (χ1n) is 6.28. The molecule has 4 N–H and O–H groups in total. The molecule has 0 aliphatic rings. The van der Waals surface area contributed by atoms with Gasteiger partial charge in [-0.2, -0.15) is 0 Å². The van der Waals surface area contributed by atoms with Gasteiger partial charge < -0.3 is 16.3 Å². The van der Waals surface area contributed by atoms with Crippen LogP contribution in [0.5, 0.6) is 0 Å². The number of nitrogens with zero attached hydrogens (tertiary/aromatic N) is 2. The Balaban J connectivity index is 2.30. The van der Waals surface area contributed by atoms with Crippen LogP contribution in [0.2, 0.25) is 0 Å². The number of anilines is 1. The number of pyridine rings is 1. The van der Waals surface area contributed by atoms with E-state index in [4.69, 9.17) is 10.9 Å². The predicted octanol–water partition coefficient (Wildman–Crippen LogP) is 1.95. The summed E-state index contributed by atoms with van der Waals surface area (Å²) in [5.41, 5.74) is 6.20. The summed E-state index contributed by atoms with van der Waals surface area (Å²) in [4.78, 5) is 16.2. The van der Waals surface area contributed by atoms with Gasteiger partial charge in [-0.3, -0.25) is 9.78 Å². The highest BCUT2D eigenvalue weighted by atomic mass is 16.4. The molecule has 1 heterocycles. The summed E-state index contributed by atoms with van der Waals surface area (Å²) in [6.45, 7) is 1.80. The summed E-state index contributed by atoms with van der Waals surface area (Å²) < 4.78 is 0. The minimum atomic E-state index is -0.655. The lowest BCUT2D eigenvalue weighted by atomic mass is 10.0. The molecule has 1 unspecified atom stereocenters. The van der Waals surface area contributed by atoms with Crippen LogP contribution in [0.25, 0.3) is 10.8 Å². The van der Waals surface area contributed by atoms with E-state index >= 15 is 0 Å². The molecule has 1 atom stereocenters. The highest BCUT2D eigenvalue weighted by Crippen LogP contribution is 2.23. The Kier molecular flexibility index (Phi) is 4.14. The zero-order valence-corrected chi connectivity index (χ0v) is 11.1. The van der Waals surface area contributed by atoms with Crippen molar-refractivity contribution < 1.29 is 10.0 Å². The van der Waals surface area contributed by atoms with E-state index in [1.54, 1.807) is 25.4 Å². The molecule has 1 amide bonds. The SMILES string of the molecule is CCC(C(=O)Nc1cccc2cnccc12)C(N)=NO. The Hall–Kier alpha value is -2.63. The Morgan fingerprint density at radius 3 is 3.00 bits per heavy atom. The average Bonchev–Trinajstić information content (AvgIpc) is 2.48. The molecule has 0 saturated carbocycles. The quantitative estimate of drug-likeness (QED) is 0.342. The maximum Gasteiger partial charge on any atom is 0.235 e. The maximum atomic E-state index is 12.2. The predicted molar refractivity (Wildman–Crippen MR) is 77.6 cm³/mol. The zero-order chi connectivity index (χ0) is 14.5. The zero-order valence-electron chi connectivity index (χ0n) is 11.1. The standard InChI is InChI=1S/C14H16N4O2/c1-2-10(13(15)18-20)14(19)17-12-5-3-4-9-8-16-7-6-11(9)12/h3-8,10,20H,2H2,1H3,(H2,15,18)(H,17,19). The van der Waals surface area contributed by atoms with Gasteiger partial charge in [0.25, 0.3) is 0 Å². The molecule has 104 valence electrons. The van der Waals surface area contributed by atoms with Gasteiger partial charge in [-0.1, -0.05) is 24.2 Å². The van der Waals surface area contributed by atoms with Crippen LogP contribution in [0.4, 0.5) is 5.69 Å². The third-order valence-corrected chi connectivity index (χ3v) is 3.14. The van der Waals surface area contributed by atoms with E-state index in [0.717, 1.165) is 10.8 Å². The van der Waals surface area contributed by atoms with Crippen molar-refractivity contribution in [1.82, 2.24) is 4.98 Å². The molecule has 6 nitrogen and oxygen atoms in total. The molecule has 0 saturated heterocycles. The summed E-state index contributed by atoms with van der Waals surface area (Å²) in [5.74, 6) is -1.05. The number of amides is 1. The van der Waals surface area contributed by atoms with Crippen LogP contribution in [-0.4, -0.2) is 21.9 Å². The van der Waals surface area contributed by atoms with Gasteiger partial charge >= 0.3 is 0 Å². The molecule has 20 heavy (non-hydrogen) atoms. The van der Waals surface area contributed by atoms with E-state index in [2.05, 4.69) is 15.5 Å². The molecular weight excluding hydrogens is 256 g/mol. The number of aromatic nitrogens is 1. The van der Waals surface area contributed by atoms with E-state index in [0.29, 0.717) is 12.1 Å². The molecule has 0 radical (unpaired) electrons. The van der Waals surface area contributed by atoms with Crippen LogP contribution in [-0.2, 0) is 4.79 Å². The average molecular weight is 272 g/mol. The fourth-order valence-corrected chi connectivity index (χ4v) is 2.05. The Bertz CT molecular complexity index is 649. The molecule has 0 aliphatic carbocycles. The van der Waals surface area contributed by atoms with Crippen molar-refractivity contribution in [2.75, 3.05) is 5.32 Å². The molecular formula is C14H16N4O2. The van der Waals surface area contributed by atoms with E-state index in [1.165, 1.54) is 0 Å². The van der Waals surface area contributed by atoms with E-state index < -0.39 is 5.92 Å². The molecule has 0 spiro atoms. The first-order valence-corrected chi connectivity index (χ1v) is 6.28. The monoisotopic (exact) mass is 272 g/mol. The van der Waals surface area contributed by atoms with Gasteiger partial charge in [0.05, 0.1) is 5.92 Å². The number of oxime groups is 1. The van der Waals surface area contributed by atoms with Crippen molar-refractivity contribution in [3.63, 3.8) is 0 Å². The normalized spacial score (nSPS) is 13.2. The number of carbonyl (C=O) groups excluding carboxylic acids is 1. The minimum absolute atomic E-state index is 0.0908. The summed E-state index contributed by atoms with van der Waals surface area (Å²) in [7, 11) is 0. The van der Waals surface area contributed by atoms with Gasteiger partial charge in [-0.15, -0.1) is 0 Å². The van der Waals surface area contributed by atoms with Gasteiger partial charge in [0.1, 0.15) is 0 Å². The number of amidine groups is 1. The number of carbonyl (C=O) groups is 1. The van der Waals surface area contributed by atoms with Crippen molar-refractivity contribution >= 4 is 28.2 Å². The Morgan fingerprint density at radius 2 is 2.30 bits per heavy atom. The van der Waals surface area contributed by atoms with E-state index in [9.17, 15) is 4.79 Å².